The summed E-state index contributed by atoms with van der Waals surface area (Å²) in [4.78, 5) is 0. The number of hydrogen-bond acceptors (Lipinski definition) is 1. The smallest absolute Gasteiger partial charge is 0.0828 e. The Balaban J connectivity index is 2.44. The summed E-state index contributed by atoms with van der Waals surface area (Å²) in [7, 11) is 0. The average Bonchev–Trinajstić information content (AvgIpc) is 2.62. The normalized spacial score (nSPS) is 15.3. The number of aryl methyl sites for hydroxylation is 1. The van der Waals surface area contributed by atoms with Gasteiger partial charge in [0.1, 0.15) is 0 Å². The van der Waals surface area contributed by atoms with Gasteiger partial charge < -0.3 is 4.57 Å². The van der Waals surface area contributed by atoms with Crippen LogP contribution in [0.4, 0.5) is 0 Å². The van der Waals surface area contributed by atoms with E-state index in [0.29, 0.717) is 0 Å². The molecule has 1 aliphatic heterocycles. The Labute approximate surface area is 75.4 Å². The molecule has 1 aromatic carbocycles. The van der Waals surface area contributed by atoms with E-state index in [1.54, 1.807) is 0 Å². The highest BCUT2D eigenvalue weighted by Crippen LogP contribution is 2.34. The lowest BCUT2D eigenvalue weighted by atomic mass is 10.2. The van der Waals surface area contributed by atoms with Gasteiger partial charge in [0.25, 0.3) is 0 Å². The van der Waals surface area contributed by atoms with Gasteiger partial charge in [-0.3, -0.25) is 0 Å². The zero-order valence-corrected chi connectivity index (χ0v) is 7.47. The molecule has 12 heavy (non-hydrogen) atoms. The van der Waals surface area contributed by atoms with Gasteiger partial charge in [-0.05, 0) is 0 Å². The van der Waals surface area contributed by atoms with E-state index in [1.807, 2.05) is 11.8 Å². The molecule has 1 aromatic heterocycles. The van der Waals surface area contributed by atoms with Crippen LogP contribution in [-0.2, 0) is 6.54 Å². The molecule has 3 rings (SSSR count). The lowest BCUT2D eigenvalue weighted by Crippen LogP contribution is -1.88. The Morgan fingerprint density at radius 3 is 3.17 bits per heavy atom. The monoisotopic (exact) mass is 175 g/mol. The minimum Gasteiger partial charge on any atom is -0.341 e. The van der Waals surface area contributed by atoms with Crippen molar-refractivity contribution >= 4 is 22.5 Å². The molecule has 2 heterocycles. The molecule has 0 fully saturated rings. The maximum absolute atomic E-state index is 2.36. The van der Waals surface area contributed by atoms with E-state index < -0.39 is 0 Å². The van der Waals surface area contributed by atoms with Crippen LogP contribution < -0.4 is 0 Å². The number of rotatable bonds is 0. The fraction of sp³-hybridized carbons (Fsp3) is 0.200. The predicted molar refractivity (Wildman–Crippen MR) is 52.7 cm³/mol. The zero-order chi connectivity index (χ0) is 7.97. The molecule has 0 bridgehead atoms. The fourth-order valence-electron chi connectivity index (χ4n) is 1.75. The van der Waals surface area contributed by atoms with Crippen LogP contribution in [0.1, 0.15) is 0 Å². The quantitative estimate of drug-likeness (QED) is 0.596. The highest BCUT2D eigenvalue weighted by atomic mass is 32.2. The Bertz CT molecular complexity index is 430. The van der Waals surface area contributed by atoms with Gasteiger partial charge in [0, 0.05) is 29.3 Å². The van der Waals surface area contributed by atoms with Gasteiger partial charge in [-0.15, -0.1) is 11.8 Å². The molecule has 0 unspecified atom stereocenters. The Hall–Kier alpha value is -0.890. The van der Waals surface area contributed by atoms with Crippen LogP contribution in [0.5, 0.6) is 0 Å². The van der Waals surface area contributed by atoms with E-state index in [-0.39, 0.29) is 0 Å². The Kier molecular flexibility index (Phi) is 1.27. The van der Waals surface area contributed by atoms with Gasteiger partial charge in [0.15, 0.2) is 0 Å². The second-order valence-corrected chi connectivity index (χ2v) is 4.15. The highest BCUT2D eigenvalue weighted by Gasteiger charge is 2.13. The molecule has 0 saturated carbocycles. The van der Waals surface area contributed by atoms with E-state index >= 15 is 0 Å². The maximum Gasteiger partial charge on any atom is 0.0828 e. The maximum atomic E-state index is 2.36. The molecule has 0 radical (unpaired) electrons. The van der Waals surface area contributed by atoms with Crippen LogP contribution >= 0.6 is 11.8 Å². The first-order chi connectivity index (χ1) is 5.95. The largest absolute Gasteiger partial charge is 0.341 e. The first-order valence-corrected chi connectivity index (χ1v) is 5.14. The van der Waals surface area contributed by atoms with E-state index in [9.17, 15) is 0 Å². The fourth-order valence-corrected chi connectivity index (χ4v) is 2.89. The lowest BCUT2D eigenvalue weighted by molar-refractivity contribution is 0.747. The second kappa shape index (κ2) is 2.30. The minimum absolute atomic E-state index is 1.18. The molecule has 2 heteroatoms. The minimum atomic E-state index is 1.18. The van der Waals surface area contributed by atoms with Crippen molar-refractivity contribution < 1.29 is 0 Å². The Morgan fingerprint density at radius 1 is 1.25 bits per heavy atom. The van der Waals surface area contributed by atoms with Crippen molar-refractivity contribution in [2.75, 3.05) is 5.75 Å². The third kappa shape index (κ3) is 0.758. The standard InChI is InChI=1S/C10H9NS/c1-2-4-9-8(3-1)7-11-5-6-12-10(9)11/h1-4,7H,5-6H2. The summed E-state index contributed by atoms with van der Waals surface area (Å²) >= 11 is 1.97. The molecule has 0 aliphatic carbocycles. The molecule has 1 aliphatic rings. The summed E-state index contributed by atoms with van der Waals surface area (Å²) < 4.78 is 2.36. The highest BCUT2D eigenvalue weighted by molar-refractivity contribution is 7.99. The van der Waals surface area contributed by atoms with Crippen molar-refractivity contribution in [1.82, 2.24) is 4.57 Å². The van der Waals surface area contributed by atoms with Crippen LogP contribution in [0, 0.1) is 0 Å². The SMILES string of the molecule is c1ccc2c3n(cc2c1)CCS3. The van der Waals surface area contributed by atoms with Crippen LogP contribution in [0.15, 0.2) is 35.5 Å². The molecule has 2 aromatic rings. The first kappa shape index (κ1) is 6.61. The molecular formula is C10H9NS. The van der Waals surface area contributed by atoms with Crippen molar-refractivity contribution in [3.63, 3.8) is 0 Å². The number of nitrogens with zero attached hydrogens (tertiary/aromatic N) is 1. The van der Waals surface area contributed by atoms with Gasteiger partial charge >= 0.3 is 0 Å². The van der Waals surface area contributed by atoms with Crippen molar-refractivity contribution in [3.8, 4) is 0 Å². The summed E-state index contributed by atoms with van der Waals surface area (Å²) in [6.45, 7) is 1.18. The van der Waals surface area contributed by atoms with Crippen LogP contribution in [0.3, 0.4) is 0 Å². The average molecular weight is 175 g/mol. The summed E-state index contributed by atoms with van der Waals surface area (Å²) in [5.41, 5.74) is 0. The molecule has 0 spiro atoms. The van der Waals surface area contributed by atoms with Crippen molar-refractivity contribution in [2.24, 2.45) is 0 Å². The van der Waals surface area contributed by atoms with E-state index in [1.165, 1.54) is 28.1 Å². The summed E-state index contributed by atoms with van der Waals surface area (Å²) in [6, 6.07) is 8.60. The molecule has 0 N–H and O–H groups in total. The van der Waals surface area contributed by atoms with Crippen LogP contribution in [0.2, 0.25) is 0 Å². The van der Waals surface area contributed by atoms with Crippen molar-refractivity contribution in [1.29, 1.82) is 0 Å². The molecule has 1 nitrogen and oxygen atoms in total. The van der Waals surface area contributed by atoms with Crippen LogP contribution in [-0.4, -0.2) is 10.3 Å². The van der Waals surface area contributed by atoms with E-state index in [2.05, 4.69) is 35.0 Å². The van der Waals surface area contributed by atoms with E-state index in [4.69, 9.17) is 0 Å². The second-order valence-electron chi connectivity index (χ2n) is 3.06. The van der Waals surface area contributed by atoms with Gasteiger partial charge in [0.05, 0.1) is 5.03 Å². The van der Waals surface area contributed by atoms with Gasteiger partial charge in [-0.25, -0.2) is 0 Å². The van der Waals surface area contributed by atoms with Gasteiger partial charge in [0.2, 0.25) is 0 Å². The van der Waals surface area contributed by atoms with Crippen LogP contribution in [0.25, 0.3) is 10.8 Å². The lowest BCUT2D eigenvalue weighted by Gasteiger charge is -1.91. The predicted octanol–water partition coefficient (Wildman–Crippen LogP) is 2.75. The number of benzene rings is 1. The molecular weight excluding hydrogens is 166 g/mol. The topological polar surface area (TPSA) is 4.93 Å². The van der Waals surface area contributed by atoms with E-state index in [0.717, 1.165) is 0 Å². The summed E-state index contributed by atoms with van der Waals surface area (Å²) in [6.07, 6.45) is 2.25. The van der Waals surface area contributed by atoms with Crippen molar-refractivity contribution in [2.45, 2.75) is 11.6 Å². The number of aromatic nitrogens is 1. The Morgan fingerprint density at radius 2 is 2.17 bits per heavy atom. The first-order valence-electron chi connectivity index (χ1n) is 4.16. The third-order valence-electron chi connectivity index (χ3n) is 2.32. The molecule has 0 atom stereocenters. The third-order valence-corrected chi connectivity index (χ3v) is 3.43. The molecule has 60 valence electrons. The number of hydrogen-bond donors (Lipinski definition) is 0. The molecule has 0 saturated heterocycles. The number of thioether (sulfide) groups is 1. The zero-order valence-electron chi connectivity index (χ0n) is 6.66. The van der Waals surface area contributed by atoms with Crippen molar-refractivity contribution in [3.05, 3.63) is 30.5 Å². The van der Waals surface area contributed by atoms with Gasteiger partial charge in [-0.2, -0.15) is 0 Å². The summed E-state index contributed by atoms with van der Waals surface area (Å²) in [5.74, 6) is 1.24. The van der Waals surface area contributed by atoms with Gasteiger partial charge in [-0.1, -0.05) is 24.3 Å². The summed E-state index contributed by atoms with van der Waals surface area (Å²) in [5, 5.41) is 4.24. The number of fused-ring (bicyclic) bond motifs is 3. The molecule has 0 amide bonds.